The molecule has 0 spiro atoms. The van der Waals surface area contributed by atoms with Gasteiger partial charge in [-0.1, -0.05) is 37.6 Å². The molecule has 21 heavy (non-hydrogen) atoms. The van der Waals surface area contributed by atoms with Crippen LogP contribution in [0, 0.1) is 5.92 Å². The number of nitrogen functional groups attached to an aromatic ring is 1. The highest BCUT2D eigenvalue weighted by molar-refractivity contribution is 6.33. The number of halogens is 1. The zero-order valence-corrected chi connectivity index (χ0v) is 13.0. The van der Waals surface area contributed by atoms with Crippen LogP contribution >= 0.6 is 11.6 Å². The van der Waals surface area contributed by atoms with Crippen molar-refractivity contribution >= 4 is 34.6 Å². The van der Waals surface area contributed by atoms with E-state index >= 15 is 0 Å². The number of rotatable bonds is 6. The number of nitrogens with two attached hydrogens (primary N) is 1. The minimum Gasteiger partial charge on any atom is -0.393 e. The molecular formula is C15H20ClN5. The van der Waals surface area contributed by atoms with Crippen LogP contribution in [0.4, 0.5) is 23.0 Å². The molecule has 0 radical (unpaired) electrons. The summed E-state index contributed by atoms with van der Waals surface area (Å²) < 4.78 is 0. The van der Waals surface area contributed by atoms with Crippen LogP contribution in [-0.2, 0) is 0 Å². The summed E-state index contributed by atoms with van der Waals surface area (Å²) in [6.45, 7) is 5.18. The van der Waals surface area contributed by atoms with Gasteiger partial charge in [-0.2, -0.15) is 0 Å². The summed E-state index contributed by atoms with van der Waals surface area (Å²) >= 11 is 6.12. The summed E-state index contributed by atoms with van der Waals surface area (Å²) in [5, 5.41) is 6.98. The largest absolute Gasteiger partial charge is 0.393 e. The van der Waals surface area contributed by atoms with Crippen molar-refractivity contribution < 1.29 is 0 Å². The van der Waals surface area contributed by atoms with Gasteiger partial charge >= 0.3 is 0 Å². The van der Waals surface area contributed by atoms with Crippen molar-refractivity contribution in [2.45, 2.75) is 20.3 Å². The van der Waals surface area contributed by atoms with Crippen LogP contribution in [0.25, 0.3) is 0 Å². The van der Waals surface area contributed by atoms with Crippen LogP contribution in [0.1, 0.15) is 20.3 Å². The lowest BCUT2D eigenvalue weighted by molar-refractivity contribution is 0.606. The number of nitrogens with zero attached hydrogens (tertiary/aromatic N) is 2. The Kier molecular flexibility index (Phi) is 5.22. The average Bonchev–Trinajstić information content (AvgIpc) is 2.45. The Morgan fingerprint density at radius 1 is 1.19 bits per heavy atom. The molecule has 0 aliphatic carbocycles. The summed E-state index contributed by atoms with van der Waals surface area (Å²) in [5.41, 5.74) is 7.35. The molecule has 1 aromatic heterocycles. The van der Waals surface area contributed by atoms with E-state index in [9.17, 15) is 0 Å². The fourth-order valence-corrected chi connectivity index (χ4v) is 1.99. The lowest BCUT2D eigenvalue weighted by Crippen LogP contribution is -2.10. The highest BCUT2D eigenvalue weighted by Crippen LogP contribution is 2.29. The van der Waals surface area contributed by atoms with Gasteiger partial charge in [-0.15, -0.1) is 0 Å². The molecular weight excluding hydrogens is 286 g/mol. The molecule has 0 amide bonds. The number of hydrogen-bond acceptors (Lipinski definition) is 5. The Bertz CT molecular complexity index is 600. The molecule has 0 saturated carbocycles. The molecule has 2 rings (SSSR count). The maximum Gasteiger partial charge on any atom is 0.159 e. The fraction of sp³-hybridized carbons (Fsp3) is 0.333. The molecule has 6 heteroatoms. The molecule has 0 unspecified atom stereocenters. The van der Waals surface area contributed by atoms with Gasteiger partial charge in [0.1, 0.15) is 12.0 Å². The summed E-state index contributed by atoms with van der Waals surface area (Å²) in [5.74, 6) is 1.81. The zero-order valence-electron chi connectivity index (χ0n) is 12.2. The molecule has 0 atom stereocenters. The average molecular weight is 306 g/mol. The van der Waals surface area contributed by atoms with Crippen LogP contribution in [0.15, 0.2) is 30.6 Å². The normalized spacial score (nSPS) is 10.7. The third kappa shape index (κ3) is 4.23. The van der Waals surface area contributed by atoms with E-state index in [0.717, 1.165) is 18.7 Å². The van der Waals surface area contributed by atoms with Crippen LogP contribution in [-0.4, -0.2) is 16.5 Å². The maximum absolute atomic E-state index is 6.12. The monoisotopic (exact) mass is 305 g/mol. The van der Waals surface area contributed by atoms with E-state index in [-0.39, 0.29) is 0 Å². The van der Waals surface area contributed by atoms with Crippen molar-refractivity contribution in [2.75, 3.05) is 22.9 Å². The number of anilines is 4. The van der Waals surface area contributed by atoms with Crippen molar-refractivity contribution in [3.05, 3.63) is 35.6 Å². The molecule has 0 bridgehead atoms. The van der Waals surface area contributed by atoms with Gasteiger partial charge in [-0.25, -0.2) is 9.97 Å². The first-order valence-corrected chi connectivity index (χ1v) is 7.31. The maximum atomic E-state index is 6.12. The second-order valence-corrected chi connectivity index (χ2v) is 5.61. The van der Waals surface area contributed by atoms with Gasteiger partial charge in [-0.3, -0.25) is 0 Å². The van der Waals surface area contributed by atoms with E-state index in [2.05, 4.69) is 34.4 Å². The smallest absolute Gasteiger partial charge is 0.159 e. The first kappa shape index (κ1) is 15.4. The molecule has 0 aliphatic heterocycles. The summed E-state index contributed by atoms with van der Waals surface area (Å²) in [6.07, 6.45) is 2.53. The molecule has 4 N–H and O–H groups in total. The Morgan fingerprint density at radius 3 is 2.62 bits per heavy atom. The van der Waals surface area contributed by atoms with Crippen molar-refractivity contribution in [3.63, 3.8) is 0 Å². The van der Waals surface area contributed by atoms with Gasteiger partial charge in [0.05, 0.1) is 10.7 Å². The van der Waals surface area contributed by atoms with E-state index in [1.54, 1.807) is 0 Å². The molecule has 1 aromatic carbocycles. The minimum absolute atomic E-state index is 0.487. The van der Waals surface area contributed by atoms with Gasteiger partial charge < -0.3 is 16.4 Å². The van der Waals surface area contributed by atoms with Gasteiger partial charge in [0.2, 0.25) is 0 Å². The van der Waals surface area contributed by atoms with E-state index in [1.165, 1.54) is 6.33 Å². The van der Waals surface area contributed by atoms with Crippen molar-refractivity contribution in [3.8, 4) is 0 Å². The molecule has 0 saturated heterocycles. The molecule has 5 nitrogen and oxygen atoms in total. The molecule has 0 fully saturated rings. The third-order valence-corrected chi connectivity index (χ3v) is 3.35. The van der Waals surface area contributed by atoms with Crippen LogP contribution in [0.2, 0.25) is 5.02 Å². The number of para-hydroxylation sites is 1. The lowest BCUT2D eigenvalue weighted by atomic mass is 10.1. The highest BCUT2D eigenvalue weighted by Gasteiger charge is 2.09. The molecule has 0 aliphatic rings. The Hall–Kier alpha value is -2.01. The van der Waals surface area contributed by atoms with E-state index < -0.39 is 0 Å². The van der Waals surface area contributed by atoms with Gasteiger partial charge in [0.25, 0.3) is 0 Å². The number of benzene rings is 1. The number of aromatic nitrogens is 2. The Labute approximate surface area is 129 Å². The standard InChI is InChI=1S/C15H20ClN5/c1-10(2)7-8-18-14-13(17)15(20-9-19-14)21-12-6-4-3-5-11(12)16/h3-6,9-10H,7-8,17H2,1-2H3,(H2,18,19,20,21). The van der Waals surface area contributed by atoms with Crippen molar-refractivity contribution in [1.29, 1.82) is 0 Å². The predicted molar refractivity (Wildman–Crippen MR) is 89.1 cm³/mol. The lowest BCUT2D eigenvalue weighted by Gasteiger charge is -2.13. The van der Waals surface area contributed by atoms with Gasteiger partial charge in [0, 0.05) is 6.54 Å². The Morgan fingerprint density at radius 2 is 1.90 bits per heavy atom. The Balaban J connectivity index is 2.12. The first-order chi connectivity index (χ1) is 10.1. The summed E-state index contributed by atoms with van der Waals surface area (Å²) in [6, 6.07) is 7.45. The fourth-order valence-electron chi connectivity index (χ4n) is 1.81. The van der Waals surface area contributed by atoms with E-state index in [1.807, 2.05) is 24.3 Å². The summed E-state index contributed by atoms with van der Waals surface area (Å²) in [7, 11) is 0. The molecule has 2 aromatic rings. The zero-order chi connectivity index (χ0) is 15.2. The van der Waals surface area contributed by atoms with Crippen LogP contribution in [0.3, 0.4) is 0 Å². The van der Waals surface area contributed by atoms with Gasteiger partial charge in [-0.05, 0) is 24.5 Å². The van der Waals surface area contributed by atoms with Crippen LogP contribution in [0.5, 0.6) is 0 Å². The number of nitrogens with one attached hydrogen (secondary N) is 2. The number of hydrogen-bond donors (Lipinski definition) is 3. The third-order valence-electron chi connectivity index (χ3n) is 3.02. The molecule has 1 heterocycles. The second kappa shape index (κ2) is 7.13. The van der Waals surface area contributed by atoms with E-state index in [4.69, 9.17) is 17.3 Å². The molecule has 112 valence electrons. The van der Waals surface area contributed by atoms with E-state index in [0.29, 0.717) is 28.3 Å². The summed E-state index contributed by atoms with van der Waals surface area (Å²) in [4.78, 5) is 8.35. The van der Waals surface area contributed by atoms with Crippen LogP contribution < -0.4 is 16.4 Å². The van der Waals surface area contributed by atoms with Gasteiger partial charge in [0.15, 0.2) is 11.6 Å². The quantitative estimate of drug-likeness (QED) is 0.754. The SMILES string of the molecule is CC(C)CCNc1ncnc(Nc2ccccc2Cl)c1N. The minimum atomic E-state index is 0.487. The highest BCUT2D eigenvalue weighted by atomic mass is 35.5. The predicted octanol–water partition coefficient (Wildman–Crippen LogP) is 3.91. The first-order valence-electron chi connectivity index (χ1n) is 6.94. The van der Waals surface area contributed by atoms with Crippen molar-refractivity contribution in [2.24, 2.45) is 5.92 Å². The second-order valence-electron chi connectivity index (χ2n) is 5.20. The topological polar surface area (TPSA) is 75.9 Å². The van der Waals surface area contributed by atoms with Crippen molar-refractivity contribution in [1.82, 2.24) is 9.97 Å².